The summed E-state index contributed by atoms with van der Waals surface area (Å²) in [5.74, 6) is -2.07. The van der Waals surface area contributed by atoms with Crippen LogP contribution in [0.3, 0.4) is 0 Å². The summed E-state index contributed by atoms with van der Waals surface area (Å²) < 4.78 is 52.1. The Bertz CT molecular complexity index is 842. The summed E-state index contributed by atoms with van der Waals surface area (Å²) >= 11 is 0. The number of hydrogen-bond donors (Lipinski definition) is 1. The van der Waals surface area contributed by atoms with Crippen molar-refractivity contribution in [3.05, 3.63) is 60.2 Å². The fourth-order valence-corrected chi connectivity index (χ4v) is 3.39. The summed E-state index contributed by atoms with van der Waals surface area (Å²) in [6, 6.07) is 10.8. The van der Waals surface area contributed by atoms with E-state index in [9.17, 15) is 22.0 Å². The topological polar surface area (TPSA) is 66.5 Å². The van der Waals surface area contributed by atoms with E-state index in [1.165, 1.54) is 19.2 Å². The zero-order valence-electron chi connectivity index (χ0n) is 13.6. The molecule has 0 saturated heterocycles. The van der Waals surface area contributed by atoms with E-state index < -0.39 is 27.6 Å². The van der Waals surface area contributed by atoms with E-state index in [1.54, 1.807) is 18.2 Å². The first kappa shape index (κ1) is 19.0. The van der Waals surface area contributed by atoms with Crippen LogP contribution < -0.4 is 5.32 Å². The van der Waals surface area contributed by atoms with Crippen LogP contribution in [0.25, 0.3) is 0 Å². The van der Waals surface area contributed by atoms with Gasteiger partial charge in [-0.3, -0.25) is 4.79 Å². The lowest BCUT2D eigenvalue weighted by Gasteiger charge is -2.17. The normalized spacial score (nSPS) is 11.5. The highest BCUT2D eigenvalue weighted by molar-refractivity contribution is 7.89. The number of amides is 1. The van der Waals surface area contributed by atoms with Gasteiger partial charge in [0, 0.05) is 26.1 Å². The number of anilines is 1. The molecule has 0 unspecified atom stereocenters. The van der Waals surface area contributed by atoms with E-state index in [0.717, 1.165) is 16.4 Å². The molecule has 0 aliphatic carbocycles. The van der Waals surface area contributed by atoms with Crippen LogP contribution >= 0.6 is 0 Å². The SMILES string of the molecule is CN(CCCC(=O)Nc1ccc(F)cc1F)S(=O)(=O)c1ccccc1. The maximum absolute atomic E-state index is 13.5. The molecule has 2 aromatic rings. The van der Waals surface area contributed by atoms with Gasteiger partial charge in [-0.05, 0) is 30.7 Å². The third kappa shape index (κ3) is 5.07. The molecule has 0 spiro atoms. The molecule has 0 saturated carbocycles. The van der Waals surface area contributed by atoms with Crippen molar-refractivity contribution in [2.24, 2.45) is 0 Å². The zero-order valence-corrected chi connectivity index (χ0v) is 14.4. The van der Waals surface area contributed by atoms with Gasteiger partial charge < -0.3 is 5.32 Å². The quantitative estimate of drug-likeness (QED) is 0.817. The van der Waals surface area contributed by atoms with Crippen molar-refractivity contribution in [2.45, 2.75) is 17.7 Å². The Labute approximate surface area is 145 Å². The second-order valence-corrected chi connectivity index (χ2v) is 7.46. The Balaban J connectivity index is 1.86. The number of halogens is 2. The molecule has 0 radical (unpaired) electrons. The summed E-state index contributed by atoms with van der Waals surface area (Å²) in [4.78, 5) is 12.0. The van der Waals surface area contributed by atoms with Crippen LogP contribution in [0.4, 0.5) is 14.5 Å². The molecular weight excluding hydrogens is 350 g/mol. The van der Waals surface area contributed by atoms with Crippen LogP contribution in [0, 0.1) is 11.6 Å². The predicted octanol–water partition coefficient (Wildman–Crippen LogP) is 3.00. The number of nitrogens with zero attached hydrogens (tertiary/aromatic N) is 1. The molecule has 2 aromatic carbocycles. The van der Waals surface area contributed by atoms with Crippen molar-refractivity contribution >= 4 is 21.6 Å². The van der Waals surface area contributed by atoms with Crippen LogP contribution in [0.1, 0.15) is 12.8 Å². The van der Waals surface area contributed by atoms with Gasteiger partial charge in [0.15, 0.2) is 0 Å². The van der Waals surface area contributed by atoms with Gasteiger partial charge in [-0.25, -0.2) is 21.5 Å². The van der Waals surface area contributed by atoms with E-state index in [2.05, 4.69) is 5.32 Å². The average molecular weight is 368 g/mol. The summed E-state index contributed by atoms with van der Waals surface area (Å²) in [6.45, 7) is 0.135. The lowest BCUT2D eigenvalue weighted by Crippen LogP contribution is -2.28. The molecule has 1 amide bonds. The first-order valence-corrected chi connectivity index (χ1v) is 9.01. The van der Waals surface area contributed by atoms with Gasteiger partial charge in [0.05, 0.1) is 10.6 Å². The van der Waals surface area contributed by atoms with Crippen molar-refractivity contribution in [3.8, 4) is 0 Å². The van der Waals surface area contributed by atoms with Gasteiger partial charge in [-0.15, -0.1) is 0 Å². The van der Waals surface area contributed by atoms with E-state index in [0.29, 0.717) is 6.07 Å². The fraction of sp³-hybridized carbons (Fsp3) is 0.235. The van der Waals surface area contributed by atoms with E-state index >= 15 is 0 Å². The van der Waals surface area contributed by atoms with Crippen LogP contribution in [-0.2, 0) is 14.8 Å². The van der Waals surface area contributed by atoms with Crippen LogP contribution in [0.2, 0.25) is 0 Å². The molecule has 2 rings (SSSR count). The molecule has 0 heterocycles. The van der Waals surface area contributed by atoms with Crippen molar-refractivity contribution in [2.75, 3.05) is 18.9 Å². The van der Waals surface area contributed by atoms with E-state index in [1.807, 2.05) is 0 Å². The third-order valence-corrected chi connectivity index (χ3v) is 5.40. The number of hydrogen-bond acceptors (Lipinski definition) is 3. The second-order valence-electron chi connectivity index (χ2n) is 5.42. The minimum atomic E-state index is -3.61. The number of benzene rings is 2. The van der Waals surface area contributed by atoms with E-state index in [-0.39, 0.29) is 30.0 Å². The predicted molar refractivity (Wildman–Crippen MR) is 90.5 cm³/mol. The number of carbonyl (C=O) groups is 1. The smallest absolute Gasteiger partial charge is 0.242 e. The summed E-state index contributed by atoms with van der Waals surface area (Å²) in [7, 11) is -2.18. The molecule has 1 N–H and O–H groups in total. The standard InChI is InChI=1S/C17H18F2N2O3S/c1-21(25(23,24)14-6-3-2-4-7-14)11-5-8-17(22)20-16-10-9-13(18)12-15(16)19/h2-4,6-7,9-10,12H,5,8,11H2,1H3,(H,20,22). The highest BCUT2D eigenvalue weighted by atomic mass is 32.2. The van der Waals surface area contributed by atoms with Crippen molar-refractivity contribution in [1.29, 1.82) is 0 Å². The summed E-state index contributed by atoms with van der Waals surface area (Å²) in [5, 5.41) is 2.33. The summed E-state index contributed by atoms with van der Waals surface area (Å²) in [5.41, 5.74) is -0.114. The molecule has 134 valence electrons. The highest BCUT2D eigenvalue weighted by Gasteiger charge is 2.20. The molecule has 0 atom stereocenters. The molecule has 5 nitrogen and oxygen atoms in total. The number of nitrogens with one attached hydrogen (secondary N) is 1. The van der Waals surface area contributed by atoms with Crippen LogP contribution in [0.15, 0.2) is 53.4 Å². The second kappa shape index (κ2) is 8.17. The van der Waals surface area contributed by atoms with E-state index in [4.69, 9.17) is 0 Å². The molecule has 0 fully saturated rings. The van der Waals surface area contributed by atoms with Crippen molar-refractivity contribution in [1.82, 2.24) is 4.31 Å². The Morgan fingerprint density at radius 2 is 1.80 bits per heavy atom. The van der Waals surface area contributed by atoms with Gasteiger partial charge in [-0.2, -0.15) is 0 Å². The largest absolute Gasteiger partial charge is 0.324 e. The van der Waals surface area contributed by atoms with Crippen molar-refractivity contribution in [3.63, 3.8) is 0 Å². The fourth-order valence-electron chi connectivity index (χ4n) is 2.16. The molecular formula is C17H18F2N2O3S. The van der Waals surface area contributed by atoms with Gasteiger partial charge in [0.2, 0.25) is 15.9 Å². The van der Waals surface area contributed by atoms with Gasteiger partial charge in [0.25, 0.3) is 0 Å². The minimum absolute atomic E-state index is 0.00542. The Morgan fingerprint density at radius 1 is 1.12 bits per heavy atom. The highest BCUT2D eigenvalue weighted by Crippen LogP contribution is 2.16. The number of carbonyl (C=O) groups excluding carboxylic acids is 1. The molecule has 0 aliphatic heterocycles. The van der Waals surface area contributed by atoms with Gasteiger partial charge in [0.1, 0.15) is 11.6 Å². The lowest BCUT2D eigenvalue weighted by molar-refractivity contribution is -0.116. The monoisotopic (exact) mass is 368 g/mol. The number of sulfonamides is 1. The average Bonchev–Trinajstić information content (AvgIpc) is 2.58. The number of rotatable bonds is 7. The molecule has 0 aliphatic rings. The first-order valence-electron chi connectivity index (χ1n) is 7.57. The maximum atomic E-state index is 13.5. The minimum Gasteiger partial charge on any atom is -0.324 e. The molecule has 8 heteroatoms. The van der Waals surface area contributed by atoms with Gasteiger partial charge in [-0.1, -0.05) is 18.2 Å². The Hall–Kier alpha value is -2.32. The molecule has 25 heavy (non-hydrogen) atoms. The van der Waals surface area contributed by atoms with Crippen molar-refractivity contribution < 1.29 is 22.0 Å². The van der Waals surface area contributed by atoms with Gasteiger partial charge >= 0.3 is 0 Å². The molecule has 0 aromatic heterocycles. The summed E-state index contributed by atoms with van der Waals surface area (Å²) in [6.07, 6.45) is 0.267. The third-order valence-electron chi connectivity index (χ3n) is 3.53. The lowest BCUT2D eigenvalue weighted by atomic mass is 10.2. The van der Waals surface area contributed by atoms with Crippen LogP contribution in [-0.4, -0.2) is 32.2 Å². The maximum Gasteiger partial charge on any atom is 0.242 e. The Kier molecular flexibility index (Phi) is 6.22. The molecule has 0 bridgehead atoms. The first-order chi connectivity index (χ1) is 11.8. The Morgan fingerprint density at radius 3 is 2.44 bits per heavy atom. The zero-order chi connectivity index (χ0) is 18.4. The van der Waals surface area contributed by atoms with Crippen LogP contribution in [0.5, 0.6) is 0 Å².